The summed E-state index contributed by atoms with van der Waals surface area (Å²) >= 11 is 0. The Bertz CT molecular complexity index is 1320. The number of carboxylic acid groups (broad SMARTS) is 1. The molecule has 3 rings (SSSR count). The van der Waals surface area contributed by atoms with E-state index in [4.69, 9.17) is 4.74 Å². The second kappa shape index (κ2) is 12.7. The van der Waals surface area contributed by atoms with Gasteiger partial charge in [0.25, 0.3) is 5.56 Å². The van der Waals surface area contributed by atoms with Gasteiger partial charge in [-0.1, -0.05) is 30.3 Å². The number of hydrogen-bond donors (Lipinski definition) is 1. The molecule has 1 amide bonds. The summed E-state index contributed by atoms with van der Waals surface area (Å²) in [5.74, 6) is -1.03. The summed E-state index contributed by atoms with van der Waals surface area (Å²) in [6.45, 7) is 6.73. The third-order valence-electron chi connectivity index (χ3n) is 6.31. The number of hydrogen-bond acceptors (Lipinski definition) is 5. The molecule has 8 nitrogen and oxygen atoms in total. The maximum Gasteiger partial charge on any atom is 0.304 e. The minimum absolute atomic E-state index is 0.170. The molecule has 0 aliphatic heterocycles. The Labute approximate surface area is 216 Å². The molecule has 0 saturated carbocycles. The van der Waals surface area contributed by atoms with Gasteiger partial charge in [-0.3, -0.25) is 19.2 Å². The number of aromatic nitrogens is 1. The van der Waals surface area contributed by atoms with Crippen molar-refractivity contribution in [3.8, 4) is 5.75 Å². The number of carbonyl (C=O) groups is 3. The van der Waals surface area contributed by atoms with Crippen LogP contribution in [0.15, 0.2) is 65.6 Å². The topological polar surface area (TPSA) is 106 Å². The SMILES string of the molecule is CCn1ccc(C(CC(=O)O)c2ccc(C)c(CN(C=O)C[C@@H](C)Oc3ccccc3C=O)c2)cc1=O. The maximum absolute atomic E-state index is 12.4. The van der Waals surface area contributed by atoms with Crippen LogP contribution in [0.4, 0.5) is 0 Å². The third kappa shape index (κ3) is 7.16. The van der Waals surface area contributed by atoms with E-state index in [-0.39, 0.29) is 24.6 Å². The summed E-state index contributed by atoms with van der Waals surface area (Å²) in [6.07, 6.45) is 2.61. The smallest absolute Gasteiger partial charge is 0.304 e. The maximum atomic E-state index is 12.4. The van der Waals surface area contributed by atoms with E-state index in [2.05, 4.69) is 0 Å². The van der Waals surface area contributed by atoms with Gasteiger partial charge in [-0.05, 0) is 61.2 Å². The molecule has 194 valence electrons. The minimum Gasteiger partial charge on any atom is -0.488 e. The number of nitrogens with zero attached hydrogens (tertiary/aromatic N) is 2. The van der Waals surface area contributed by atoms with Gasteiger partial charge in [0, 0.05) is 31.3 Å². The van der Waals surface area contributed by atoms with Crippen LogP contribution in [0.3, 0.4) is 0 Å². The number of aliphatic carboxylic acids is 1. The Morgan fingerprint density at radius 2 is 1.84 bits per heavy atom. The molecule has 0 aliphatic carbocycles. The Balaban J connectivity index is 1.83. The highest BCUT2D eigenvalue weighted by Crippen LogP contribution is 2.29. The summed E-state index contributed by atoms with van der Waals surface area (Å²) in [4.78, 5) is 48.9. The number of para-hydroxylation sites is 1. The van der Waals surface area contributed by atoms with Gasteiger partial charge in [0.15, 0.2) is 6.29 Å². The first-order chi connectivity index (χ1) is 17.7. The van der Waals surface area contributed by atoms with Crippen molar-refractivity contribution in [2.45, 2.75) is 52.3 Å². The zero-order valence-corrected chi connectivity index (χ0v) is 21.3. The predicted molar refractivity (Wildman–Crippen MR) is 140 cm³/mol. The van der Waals surface area contributed by atoms with Gasteiger partial charge in [-0.25, -0.2) is 0 Å². The molecular formula is C29H32N2O6. The molecule has 3 aromatic rings. The first kappa shape index (κ1) is 27.4. The Morgan fingerprint density at radius 3 is 2.49 bits per heavy atom. The number of pyridine rings is 1. The molecule has 0 aliphatic rings. The molecule has 0 radical (unpaired) electrons. The molecule has 0 spiro atoms. The van der Waals surface area contributed by atoms with Gasteiger partial charge in [0.2, 0.25) is 6.41 Å². The molecule has 2 aromatic carbocycles. The first-order valence-corrected chi connectivity index (χ1v) is 12.2. The van der Waals surface area contributed by atoms with E-state index in [1.807, 2.05) is 39.0 Å². The van der Waals surface area contributed by atoms with Gasteiger partial charge in [0.05, 0.1) is 18.5 Å². The molecule has 1 N–H and O–H groups in total. The number of aryl methyl sites for hydroxylation is 2. The van der Waals surface area contributed by atoms with Gasteiger partial charge in [0.1, 0.15) is 11.9 Å². The van der Waals surface area contributed by atoms with Crippen LogP contribution in [0, 0.1) is 6.92 Å². The van der Waals surface area contributed by atoms with Crippen molar-refractivity contribution in [1.29, 1.82) is 0 Å². The summed E-state index contributed by atoms with van der Waals surface area (Å²) in [5.41, 5.74) is 3.46. The number of ether oxygens (including phenoxy) is 1. The van der Waals surface area contributed by atoms with Crippen molar-refractivity contribution in [3.05, 3.63) is 99.0 Å². The fourth-order valence-corrected chi connectivity index (χ4v) is 4.32. The van der Waals surface area contributed by atoms with E-state index >= 15 is 0 Å². The number of carbonyl (C=O) groups excluding carboxylic acids is 2. The van der Waals surface area contributed by atoms with Crippen molar-refractivity contribution < 1.29 is 24.2 Å². The molecular weight excluding hydrogens is 472 g/mol. The van der Waals surface area contributed by atoms with Crippen LogP contribution in [-0.4, -0.2) is 45.9 Å². The van der Waals surface area contributed by atoms with Crippen LogP contribution < -0.4 is 10.3 Å². The van der Waals surface area contributed by atoms with E-state index < -0.39 is 11.9 Å². The lowest BCUT2D eigenvalue weighted by Gasteiger charge is -2.25. The normalized spacial score (nSPS) is 12.4. The summed E-state index contributed by atoms with van der Waals surface area (Å²) < 4.78 is 7.46. The van der Waals surface area contributed by atoms with Crippen LogP contribution in [0.2, 0.25) is 0 Å². The van der Waals surface area contributed by atoms with E-state index in [1.165, 1.54) is 6.07 Å². The van der Waals surface area contributed by atoms with E-state index in [0.29, 0.717) is 30.0 Å². The van der Waals surface area contributed by atoms with Crippen molar-refractivity contribution in [3.63, 3.8) is 0 Å². The van der Waals surface area contributed by atoms with Gasteiger partial charge < -0.3 is 19.3 Å². The van der Waals surface area contributed by atoms with Gasteiger partial charge in [-0.15, -0.1) is 0 Å². The molecule has 1 heterocycles. The number of aldehydes is 1. The van der Waals surface area contributed by atoms with Crippen LogP contribution >= 0.6 is 0 Å². The standard InChI is InChI=1S/C29H32N2O6/c1-4-31-12-11-23(14-28(31)34)26(15-29(35)36)22-10-9-20(2)25(13-22)17-30(19-33)16-21(3)37-27-8-6-5-7-24(27)18-32/h5-14,18-19,21,26H,4,15-17H2,1-3H3,(H,35,36)/t21-,26?/m1/s1. The second-order valence-electron chi connectivity index (χ2n) is 9.04. The highest BCUT2D eigenvalue weighted by Gasteiger charge is 2.21. The molecule has 1 aromatic heterocycles. The largest absolute Gasteiger partial charge is 0.488 e. The van der Waals surface area contributed by atoms with Crippen LogP contribution in [-0.2, 0) is 22.7 Å². The zero-order chi connectivity index (χ0) is 26.9. The lowest BCUT2D eigenvalue weighted by molar-refractivity contribution is -0.137. The zero-order valence-electron chi connectivity index (χ0n) is 21.3. The van der Waals surface area contributed by atoms with Crippen LogP contribution in [0.25, 0.3) is 0 Å². The monoisotopic (exact) mass is 504 g/mol. The van der Waals surface area contributed by atoms with Crippen LogP contribution in [0.5, 0.6) is 5.75 Å². The highest BCUT2D eigenvalue weighted by atomic mass is 16.5. The van der Waals surface area contributed by atoms with Crippen molar-refractivity contribution >= 4 is 18.7 Å². The molecule has 1 unspecified atom stereocenters. The van der Waals surface area contributed by atoms with E-state index in [1.54, 1.807) is 46.0 Å². The Hall–Kier alpha value is -4.20. The van der Waals surface area contributed by atoms with Crippen LogP contribution in [0.1, 0.15) is 58.8 Å². The summed E-state index contributed by atoms with van der Waals surface area (Å²) in [7, 11) is 0. The Kier molecular flexibility index (Phi) is 9.38. The third-order valence-corrected chi connectivity index (χ3v) is 6.31. The van der Waals surface area contributed by atoms with E-state index in [9.17, 15) is 24.3 Å². The molecule has 37 heavy (non-hydrogen) atoms. The lowest BCUT2D eigenvalue weighted by atomic mass is 9.87. The highest BCUT2D eigenvalue weighted by molar-refractivity contribution is 5.79. The minimum atomic E-state index is -0.970. The molecule has 2 atom stereocenters. The molecule has 8 heteroatoms. The van der Waals surface area contributed by atoms with Crippen molar-refractivity contribution in [2.24, 2.45) is 0 Å². The summed E-state index contributed by atoms with van der Waals surface area (Å²) in [6, 6.07) is 15.8. The van der Waals surface area contributed by atoms with Gasteiger partial charge >= 0.3 is 5.97 Å². The molecule has 0 saturated heterocycles. The first-order valence-electron chi connectivity index (χ1n) is 12.2. The number of rotatable bonds is 13. The quantitative estimate of drug-likeness (QED) is 0.353. The second-order valence-corrected chi connectivity index (χ2v) is 9.04. The average molecular weight is 505 g/mol. The van der Waals surface area contributed by atoms with E-state index in [0.717, 1.165) is 29.4 Å². The fourth-order valence-electron chi connectivity index (χ4n) is 4.32. The van der Waals surface area contributed by atoms with Crippen molar-refractivity contribution in [1.82, 2.24) is 9.47 Å². The molecule has 0 fully saturated rings. The molecule has 0 bridgehead atoms. The number of benzene rings is 2. The number of amides is 1. The predicted octanol–water partition coefficient (Wildman–Crippen LogP) is 4.02. The van der Waals surface area contributed by atoms with Crippen molar-refractivity contribution in [2.75, 3.05) is 6.54 Å². The lowest BCUT2D eigenvalue weighted by Crippen LogP contribution is -2.33. The number of carboxylic acids is 1. The fraction of sp³-hybridized carbons (Fsp3) is 0.310. The average Bonchev–Trinajstić information content (AvgIpc) is 2.88. The Morgan fingerprint density at radius 1 is 1.11 bits per heavy atom. The summed E-state index contributed by atoms with van der Waals surface area (Å²) in [5, 5.41) is 9.57. The van der Waals surface area contributed by atoms with Gasteiger partial charge in [-0.2, -0.15) is 0 Å².